The molecular weight excluding hydrogens is 1030 g/mol. The number of carbonyl (C=O) groups is 1. The molecule has 18 N–H and O–H groups in total. The first-order valence-corrected chi connectivity index (χ1v) is 24.4. The zero-order valence-corrected chi connectivity index (χ0v) is 40.1. The van der Waals surface area contributed by atoms with E-state index in [4.69, 9.17) is 56.8 Å². The van der Waals surface area contributed by atoms with Gasteiger partial charge < -0.3 is 149 Å². The van der Waals surface area contributed by atoms with Crippen molar-refractivity contribution in [1.82, 2.24) is 5.32 Å². The summed E-state index contributed by atoms with van der Waals surface area (Å²) in [5.74, 6) is -0.701. The van der Waals surface area contributed by atoms with Crippen molar-refractivity contribution in [3.05, 3.63) is 42.0 Å². The molecule has 12 bridgehead atoms. The topological polar surface area (TPSA) is 484 Å². The first-order valence-electron chi connectivity index (χ1n) is 24.4. The Hall–Kier alpha value is -2.73. The van der Waals surface area contributed by atoms with Crippen molar-refractivity contribution in [3.8, 4) is 0 Å². The van der Waals surface area contributed by atoms with Crippen LogP contribution in [0.25, 0.3) is 6.08 Å². The van der Waals surface area contributed by atoms with E-state index in [0.29, 0.717) is 5.56 Å². The van der Waals surface area contributed by atoms with E-state index in [2.05, 4.69) is 11.9 Å². The van der Waals surface area contributed by atoms with Crippen molar-refractivity contribution in [2.75, 3.05) is 39.6 Å². The normalized spacial score (nSPS) is 49.4. The summed E-state index contributed by atoms with van der Waals surface area (Å²) in [7, 11) is 0. The van der Waals surface area contributed by atoms with Crippen LogP contribution in [0.5, 0.6) is 0 Å². The van der Waals surface area contributed by atoms with Gasteiger partial charge in [0.15, 0.2) is 37.7 Å². The molecule has 0 saturated carbocycles. The van der Waals surface area contributed by atoms with E-state index in [-0.39, 0.29) is 5.56 Å². The predicted molar refractivity (Wildman–Crippen MR) is 238 cm³/mol. The van der Waals surface area contributed by atoms with Gasteiger partial charge in [-0.25, -0.2) is 0 Å². The number of ether oxygens (including phenoxy) is 12. The fraction of sp³-hybridized carbons (Fsp3) is 0.800. The van der Waals surface area contributed by atoms with Crippen LogP contribution in [0.2, 0.25) is 0 Å². The van der Waals surface area contributed by atoms with Crippen molar-refractivity contribution in [2.24, 2.45) is 0 Å². The Morgan fingerprint density at radius 1 is 0.368 bits per heavy atom. The van der Waals surface area contributed by atoms with E-state index in [0.717, 1.165) is 0 Å². The van der Waals surface area contributed by atoms with Crippen molar-refractivity contribution in [2.45, 2.75) is 184 Å². The average Bonchev–Trinajstić information content (AvgIpc) is 3.43. The van der Waals surface area contributed by atoms with Crippen LogP contribution in [0, 0.1) is 0 Å². The molecule has 432 valence electrons. The van der Waals surface area contributed by atoms with Gasteiger partial charge in [-0.05, 0) is 17.7 Å². The molecule has 23 rings (SSSR count). The first-order chi connectivity index (χ1) is 36.3. The molecule has 31 nitrogen and oxygen atoms in total. The minimum atomic E-state index is -2.20. The van der Waals surface area contributed by atoms with Gasteiger partial charge in [-0.2, -0.15) is 0 Å². The molecule has 0 spiro atoms. The number of hydrogen-bond acceptors (Lipinski definition) is 30. The maximum atomic E-state index is 13.4. The van der Waals surface area contributed by atoms with Gasteiger partial charge in [-0.15, -0.1) is 0 Å². The van der Waals surface area contributed by atoms with Crippen molar-refractivity contribution < 1.29 is 148 Å². The van der Waals surface area contributed by atoms with Gasteiger partial charge in [-0.3, -0.25) is 4.79 Å². The molecule has 1 aromatic carbocycles. The molecule has 22 heterocycles. The highest BCUT2D eigenvalue weighted by Crippen LogP contribution is 2.38. The van der Waals surface area contributed by atoms with Crippen molar-refractivity contribution in [3.63, 3.8) is 0 Å². The molecule has 0 unspecified atom stereocenters. The molecule has 22 aliphatic heterocycles. The van der Waals surface area contributed by atoms with E-state index in [1.807, 2.05) is 0 Å². The Labute approximate surface area is 431 Å². The summed E-state index contributed by atoms with van der Waals surface area (Å²) >= 11 is 0. The Morgan fingerprint density at radius 2 is 0.592 bits per heavy atom. The van der Waals surface area contributed by atoms with Crippen LogP contribution >= 0.6 is 0 Å². The minimum absolute atomic E-state index is 0.135. The van der Waals surface area contributed by atoms with Crippen LogP contribution in [-0.2, 0) is 56.8 Å². The molecular formula is C45H67NO30. The molecule has 22 aliphatic rings. The second-order valence-electron chi connectivity index (χ2n) is 19.2. The standard InChI is InChI=1S/C45H67NO30/c1-2-13-3-5-14(6-4-13)39(64)46-7-15-33-21(52)27(58)40(65-15)72-34-16(8-47)67-42(29(60)23(34)54)74-36-18(10-49)69-44(31(62)25(36)56)76-38-20(12-51)70-45(32(63)26(38)57)75-37-19(11-50)68-43(30(61)24(37)55)73-35-17(9-48)66-41(71-33)28(59)22(35)53/h2-6,15-38,40-45,47-63H,1,7-12H2,(H,46,64)/t15-,16-,17-,18-,19-,20-,21-,22-,23-,24-,25-,26-,27-,28-,29-,30-,31-,32-,33-,34-,35-,36-,37-,38-,40-,41-,42-,43-,44-,45-/m1/s1. The lowest BCUT2D eigenvalue weighted by Gasteiger charge is -2.50. The van der Waals surface area contributed by atoms with Crippen LogP contribution in [0.15, 0.2) is 30.8 Å². The second-order valence-corrected chi connectivity index (χ2v) is 19.2. The van der Waals surface area contributed by atoms with E-state index in [9.17, 15) is 91.6 Å². The number of amides is 1. The maximum Gasteiger partial charge on any atom is 0.251 e. The van der Waals surface area contributed by atoms with Crippen LogP contribution in [-0.4, -0.2) is 317 Å². The van der Waals surface area contributed by atoms with Gasteiger partial charge in [-0.1, -0.05) is 24.8 Å². The third-order valence-corrected chi connectivity index (χ3v) is 14.4. The summed E-state index contributed by atoms with van der Waals surface area (Å²) in [4.78, 5) is 13.4. The third-order valence-electron chi connectivity index (χ3n) is 14.4. The molecule has 1 aromatic rings. The lowest BCUT2D eigenvalue weighted by molar-refractivity contribution is -0.403. The van der Waals surface area contributed by atoms with Gasteiger partial charge in [0.1, 0.15) is 146 Å². The number of rotatable bonds is 9. The minimum Gasteiger partial charge on any atom is -0.394 e. The highest BCUT2D eigenvalue weighted by atomic mass is 16.8. The fourth-order valence-electron chi connectivity index (χ4n) is 10.0. The molecule has 0 aliphatic carbocycles. The monoisotopic (exact) mass is 1100 g/mol. The predicted octanol–water partition coefficient (Wildman–Crippen LogP) is -11.0. The average molecular weight is 1100 g/mol. The van der Waals surface area contributed by atoms with Crippen LogP contribution in [0.4, 0.5) is 0 Å². The summed E-state index contributed by atoms with van der Waals surface area (Å²) < 4.78 is 69.4. The summed E-state index contributed by atoms with van der Waals surface area (Å²) in [6.07, 6.45) is -57.8. The molecule has 30 atom stereocenters. The molecule has 1 amide bonds. The van der Waals surface area contributed by atoms with Crippen LogP contribution in [0.1, 0.15) is 15.9 Å². The van der Waals surface area contributed by atoms with E-state index < -0.39 is 230 Å². The largest absolute Gasteiger partial charge is 0.394 e. The Bertz CT molecular complexity index is 2020. The maximum absolute atomic E-state index is 13.4. The number of benzene rings is 1. The lowest BCUT2D eigenvalue weighted by atomic mass is 9.94. The molecule has 31 heteroatoms. The number of nitrogens with one attached hydrogen (secondary N) is 1. The second kappa shape index (κ2) is 25.4. The number of hydrogen-bond donors (Lipinski definition) is 18. The molecule has 76 heavy (non-hydrogen) atoms. The number of carbonyl (C=O) groups excluding carboxylic acids is 1. The smallest absolute Gasteiger partial charge is 0.251 e. The lowest BCUT2D eigenvalue weighted by Crippen LogP contribution is -2.69. The van der Waals surface area contributed by atoms with Crippen molar-refractivity contribution >= 4 is 12.0 Å². The van der Waals surface area contributed by atoms with Gasteiger partial charge in [0.05, 0.1) is 33.0 Å². The third kappa shape index (κ3) is 11.9. The zero-order valence-electron chi connectivity index (χ0n) is 40.1. The van der Waals surface area contributed by atoms with Crippen LogP contribution < -0.4 is 5.32 Å². The number of aliphatic hydroxyl groups excluding tert-OH is 17. The molecule has 0 aromatic heterocycles. The van der Waals surface area contributed by atoms with E-state index >= 15 is 0 Å². The van der Waals surface area contributed by atoms with E-state index in [1.165, 1.54) is 18.2 Å². The Balaban J connectivity index is 1.11. The summed E-state index contributed by atoms with van der Waals surface area (Å²) in [6.45, 7) is -2.02. The van der Waals surface area contributed by atoms with E-state index in [1.54, 1.807) is 12.1 Å². The highest BCUT2D eigenvalue weighted by molar-refractivity contribution is 5.94. The van der Waals surface area contributed by atoms with Crippen LogP contribution in [0.3, 0.4) is 0 Å². The van der Waals surface area contributed by atoms with Crippen molar-refractivity contribution in [1.29, 1.82) is 0 Å². The summed E-state index contributed by atoms with van der Waals surface area (Å²) in [6, 6.07) is 6.11. The Kier molecular flexibility index (Phi) is 19.8. The summed E-state index contributed by atoms with van der Waals surface area (Å²) in [5.41, 5.74) is 0.813. The van der Waals surface area contributed by atoms with Gasteiger partial charge >= 0.3 is 0 Å². The molecule has 22 saturated heterocycles. The Morgan fingerprint density at radius 3 is 0.816 bits per heavy atom. The molecule has 0 radical (unpaired) electrons. The van der Waals surface area contributed by atoms with Gasteiger partial charge in [0.2, 0.25) is 0 Å². The first kappa shape index (κ1) is 59.4. The molecule has 22 fully saturated rings. The number of aliphatic hydroxyl groups is 17. The highest BCUT2D eigenvalue weighted by Gasteiger charge is 2.58. The SMILES string of the molecule is C=Cc1ccc(C(=O)NC[C@H]2O[C@@H]3O[C@H]4[C@H](O)[C@@H](O)[C@@H](O[C@H]5[C@H](O)[C@@H](O)[C@@H](O[C@H]6[C@H](O)[C@@H](O)[C@@H](O[C@H]7[C@H](O)[C@@H](O)[C@@H](O[C@H]8[C@H](O)[C@@H](O)[C@@H](O[C@H]2[C@H](O)[C@H]3O)O[C@@H]8CO)O[C@@H]7CO)O[C@@H]6CO)O[C@@H]5CO)O[C@@H]4CO)cc1. The fourth-order valence-corrected chi connectivity index (χ4v) is 10.0. The van der Waals surface area contributed by atoms with Gasteiger partial charge in [0, 0.05) is 12.1 Å². The zero-order chi connectivity index (χ0) is 55.0. The van der Waals surface area contributed by atoms with Gasteiger partial charge in [0.25, 0.3) is 5.91 Å². The quantitative estimate of drug-likeness (QED) is 0.109. The summed E-state index contributed by atoms with van der Waals surface area (Å²) in [5, 5.41) is 191.